The molecule has 0 aromatic heterocycles. The SMILES string of the molecule is CC(CNC(C)(C)C)C(C)N(C)CC1CC1. The molecular formula is C14H30N2. The van der Waals surface area contributed by atoms with E-state index in [-0.39, 0.29) is 5.54 Å². The Bertz CT molecular complexity index is 203. The van der Waals surface area contributed by atoms with Gasteiger partial charge in [0.15, 0.2) is 0 Å². The molecule has 0 heterocycles. The van der Waals surface area contributed by atoms with Crippen LogP contribution in [0.2, 0.25) is 0 Å². The van der Waals surface area contributed by atoms with Crippen LogP contribution in [-0.2, 0) is 0 Å². The summed E-state index contributed by atoms with van der Waals surface area (Å²) in [4.78, 5) is 2.53. The van der Waals surface area contributed by atoms with Crippen molar-refractivity contribution in [3.05, 3.63) is 0 Å². The minimum atomic E-state index is 0.239. The van der Waals surface area contributed by atoms with Crippen molar-refractivity contribution < 1.29 is 0 Å². The van der Waals surface area contributed by atoms with Crippen LogP contribution >= 0.6 is 0 Å². The third-order valence-electron chi connectivity index (χ3n) is 3.72. The van der Waals surface area contributed by atoms with Gasteiger partial charge in [-0.05, 0) is 66.0 Å². The van der Waals surface area contributed by atoms with Gasteiger partial charge < -0.3 is 10.2 Å². The van der Waals surface area contributed by atoms with E-state index in [0.29, 0.717) is 12.0 Å². The summed E-state index contributed by atoms with van der Waals surface area (Å²) in [6.45, 7) is 13.8. The van der Waals surface area contributed by atoms with Crippen LogP contribution in [0, 0.1) is 11.8 Å². The molecule has 1 N–H and O–H groups in total. The molecule has 1 rings (SSSR count). The fourth-order valence-corrected chi connectivity index (χ4v) is 1.95. The summed E-state index contributed by atoms with van der Waals surface area (Å²) in [6.07, 6.45) is 2.90. The second kappa shape index (κ2) is 5.50. The second-order valence-corrected chi connectivity index (χ2v) is 6.73. The molecule has 0 amide bonds. The van der Waals surface area contributed by atoms with Crippen molar-refractivity contribution in [3.8, 4) is 0 Å². The lowest BCUT2D eigenvalue weighted by Gasteiger charge is -2.32. The fourth-order valence-electron chi connectivity index (χ4n) is 1.95. The Kier molecular flexibility index (Phi) is 4.81. The zero-order valence-electron chi connectivity index (χ0n) is 12.0. The summed E-state index contributed by atoms with van der Waals surface area (Å²) in [5.41, 5.74) is 0.239. The monoisotopic (exact) mass is 226 g/mol. The molecule has 0 aromatic carbocycles. The number of rotatable bonds is 6. The summed E-state index contributed by atoms with van der Waals surface area (Å²) >= 11 is 0. The molecule has 1 aliphatic rings. The van der Waals surface area contributed by atoms with E-state index in [0.717, 1.165) is 12.5 Å². The first-order valence-corrected chi connectivity index (χ1v) is 6.75. The van der Waals surface area contributed by atoms with Gasteiger partial charge in [0, 0.05) is 18.1 Å². The van der Waals surface area contributed by atoms with Gasteiger partial charge in [-0.2, -0.15) is 0 Å². The zero-order valence-corrected chi connectivity index (χ0v) is 12.0. The molecule has 16 heavy (non-hydrogen) atoms. The van der Waals surface area contributed by atoms with E-state index in [2.05, 4.69) is 51.9 Å². The zero-order chi connectivity index (χ0) is 12.3. The number of hydrogen-bond acceptors (Lipinski definition) is 2. The van der Waals surface area contributed by atoms with E-state index >= 15 is 0 Å². The fraction of sp³-hybridized carbons (Fsp3) is 1.00. The molecular weight excluding hydrogens is 196 g/mol. The maximum atomic E-state index is 3.60. The van der Waals surface area contributed by atoms with Gasteiger partial charge in [-0.3, -0.25) is 0 Å². The Hall–Kier alpha value is -0.0800. The van der Waals surface area contributed by atoms with Crippen LogP contribution in [0.4, 0.5) is 0 Å². The Morgan fingerprint density at radius 3 is 2.25 bits per heavy atom. The van der Waals surface area contributed by atoms with Crippen LogP contribution < -0.4 is 5.32 Å². The van der Waals surface area contributed by atoms with Crippen molar-refractivity contribution in [2.45, 2.75) is 59.0 Å². The molecule has 2 heteroatoms. The molecule has 0 spiro atoms. The molecule has 1 aliphatic carbocycles. The van der Waals surface area contributed by atoms with Crippen LogP contribution in [-0.4, -0.2) is 36.6 Å². The van der Waals surface area contributed by atoms with Gasteiger partial charge in [-0.1, -0.05) is 6.92 Å². The largest absolute Gasteiger partial charge is 0.312 e. The van der Waals surface area contributed by atoms with E-state index in [1.807, 2.05) is 0 Å². The third kappa shape index (κ3) is 5.31. The number of hydrogen-bond donors (Lipinski definition) is 1. The van der Waals surface area contributed by atoms with Gasteiger partial charge >= 0.3 is 0 Å². The van der Waals surface area contributed by atoms with E-state index in [9.17, 15) is 0 Å². The van der Waals surface area contributed by atoms with Crippen molar-refractivity contribution in [2.24, 2.45) is 11.8 Å². The molecule has 0 aromatic rings. The van der Waals surface area contributed by atoms with Gasteiger partial charge in [0.2, 0.25) is 0 Å². The second-order valence-electron chi connectivity index (χ2n) is 6.73. The van der Waals surface area contributed by atoms with Crippen LogP contribution in [0.15, 0.2) is 0 Å². The summed E-state index contributed by atoms with van der Waals surface area (Å²) in [5.74, 6) is 1.71. The predicted molar refractivity (Wildman–Crippen MR) is 71.7 cm³/mol. The molecule has 0 aliphatic heterocycles. The van der Waals surface area contributed by atoms with Crippen LogP contribution in [0.1, 0.15) is 47.5 Å². The first-order chi connectivity index (χ1) is 7.29. The Labute approximate surface area is 102 Å². The quantitative estimate of drug-likeness (QED) is 0.749. The average molecular weight is 226 g/mol. The lowest BCUT2D eigenvalue weighted by atomic mass is 10.00. The van der Waals surface area contributed by atoms with Gasteiger partial charge in [0.25, 0.3) is 0 Å². The van der Waals surface area contributed by atoms with E-state index < -0.39 is 0 Å². The minimum absolute atomic E-state index is 0.239. The maximum absolute atomic E-state index is 3.60. The lowest BCUT2D eigenvalue weighted by molar-refractivity contribution is 0.182. The maximum Gasteiger partial charge on any atom is 0.0102 e. The summed E-state index contributed by atoms with van der Waals surface area (Å²) in [6, 6.07) is 0.676. The molecule has 1 saturated carbocycles. The van der Waals surface area contributed by atoms with Crippen LogP contribution in [0.3, 0.4) is 0 Å². The average Bonchev–Trinajstić information content (AvgIpc) is 2.95. The topological polar surface area (TPSA) is 15.3 Å². The van der Waals surface area contributed by atoms with Crippen LogP contribution in [0.25, 0.3) is 0 Å². The first-order valence-electron chi connectivity index (χ1n) is 6.75. The van der Waals surface area contributed by atoms with Gasteiger partial charge in [-0.15, -0.1) is 0 Å². The van der Waals surface area contributed by atoms with Crippen molar-refractivity contribution in [3.63, 3.8) is 0 Å². The summed E-state index contributed by atoms with van der Waals surface area (Å²) in [7, 11) is 2.27. The molecule has 1 fully saturated rings. The predicted octanol–water partition coefficient (Wildman–Crippen LogP) is 2.74. The smallest absolute Gasteiger partial charge is 0.0102 e. The Morgan fingerprint density at radius 1 is 1.25 bits per heavy atom. The van der Waals surface area contributed by atoms with Gasteiger partial charge in [0.1, 0.15) is 0 Å². The highest BCUT2D eigenvalue weighted by molar-refractivity contribution is 4.81. The van der Waals surface area contributed by atoms with E-state index in [1.54, 1.807) is 0 Å². The van der Waals surface area contributed by atoms with Gasteiger partial charge in [-0.25, -0.2) is 0 Å². The summed E-state index contributed by atoms with van der Waals surface area (Å²) < 4.78 is 0. The normalized spacial score (nSPS) is 21.2. The first kappa shape index (κ1) is 14.0. The van der Waals surface area contributed by atoms with Crippen molar-refractivity contribution in [1.29, 1.82) is 0 Å². The lowest BCUT2D eigenvalue weighted by Crippen LogP contribution is -2.44. The summed E-state index contributed by atoms with van der Waals surface area (Å²) in [5, 5.41) is 3.60. The van der Waals surface area contributed by atoms with Crippen molar-refractivity contribution in [2.75, 3.05) is 20.1 Å². The molecule has 2 atom stereocenters. The Morgan fingerprint density at radius 2 is 1.81 bits per heavy atom. The van der Waals surface area contributed by atoms with Crippen molar-refractivity contribution >= 4 is 0 Å². The number of nitrogens with one attached hydrogen (secondary N) is 1. The van der Waals surface area contributed by atoms with E-state index in [1.165, 1.54) is 19.4 Å². The van der Waals surface area contributed by atoms with Gasteiger partial charge in [0.05, 0.1) is 0 Å². The molecule has 2 unspecified atom stereocenters. The van der Waals surface area contributed by atoms with Crippen molar-refractivity contribution in [1.82, 2.24) is 10.2 Å². The van der Waals surface area contributed by atoms with E-state index in [4.69, 9.17) is 0 Å². The Balaban J connectivity index is 2.25. The minimum Gasteiger partial charge on any atom is -0.312 e. The highest BCUT2D eigenvalue weighted by Gasteiger charge is 2.26. The molecule has 96 valence electrons. The number of nitrogens with zero attached hydrogens (tertiary/aromatic N) is 1. The van der Waals surface area contributed by atoms with Crippen LogP contribution in [0.5, 0.6) is 0 Å². The highest BCUT2D eigenvalue weighted by Crippen LogP contribution is 2.30. The molecule has 2 nitrogen and oxygen atoms in total. The molecule has 0 saturated heterocycles. The third-order valence-corrected chi connectivity index (χ3v) is 3.72. The molecule has 0 radical (unpaired) electrons. The molecule has 0 bridgehead atoms. The standard InChI is InChI=1S/C14H30N2/c1-11(9-15-14(3,4)5)12(2)16(6)10-13-7-8-13/h11-13,15H,7-10H2,1-6H3. The highest BCUT2D eigenvalue weighted by atomic mass is 15.1.